The van der Waals surface area contributed by atoms with E-state index in [1.165, 1.54) is 0 Å². The predicted octanol–water partition coefficient (Wildman–Crippen LogP) is 5.34. The molecule has 5 aromatic rings. The molecule has 242 valence electrons. The largest absolute Gasteiger partial charge is 0.493 e. The van der Waals surface area contributed by atoms with Crippen LogP contribution in [-0.4, -0.2) is 84.0 Å². The number of nitrogens with zero attached hydrogens (tertiary/aromatic N) is 3. The standard InChI is InChI=1S/C36H42N4O6/c1-3-45-36(42)35-28(14-8-19-46-32-15-6-10-25-9-4-5-11-26(25)32)27-12-7-13-29(34(27)37-35)33-30(24-41)38-40(18-20-43-2)31(33)23-39-16-21-44-22-17-39/h4-7,9-13,15,37,41H,3,8,14,16-24H2,1-2H3. The minimum atomic E-state index is -0.388. The van der Waals surface area contributed by atoms with Crippen LogP contribution in [0.15, 0.2) is 60.7 Å². The maximum atomic E-state index is 13.3. The number of fused-ring (bicyclic) bond motifs is 2. The Hall–Kier alpha value is -4.22. The van der Waals surface area contributed by atoms with Gasteiger partial charge in [0.1, 0.15) is 11.4 Å². The van der Waals surface area contributed by atoms with Crippen LogP contribution < -0.4 is 4.74 Å². The number of aliphatic hydroxyl groups is 1. The number of para-hydroxylation sites is 1. The molecule has 0 radical (unpaired) electrons. The number of esters is 1. The Balaban J connectivity index is 1.36. The lowest BCUT2D eigenvalue weighted by atomic mass is 9.97. The maximum absolute atomic E-state index is 13.3. The highest BCUT2D eigenvalue weighted by Gasteiger charge is 2.26. The monoisotopic (exact) mass is 626 g/mol. The van der Waals surface area contributed by atoms with Crippen LogP contribution in [0.3, 0.4) is 0 Å². The van der Waals surface area contributed by atoms with Gasteiger partial charge in [-0.2, -0.15) is 5.10 Å². The Labute approximate surface area is 268 Å². The van der Waals surface area contributed by atoms with Crippen molar-refractivity contribution < 1.29 is 28.8 Å². The fraction of sp³-hybridized carbons (Fsp3) is 0.389. The van der Waals surface area contributed by atoms with Crippen molar-refractivity contribution in [3.05, 3.63) is 83.3 Å². The number of carbonyl (C=O) groups is 1. The molecule has 2 N–H and O–H groups in total. The van der Waals surface area contributed by atoms with Gasteiger partial charge in [-0.15, -0.1) is 0 Å². The van der Waals surface area contributed by atoms with Crippen molar-refractivity contribution in [2.24, 2.45) is 0 Å². The number of aromatic nitrogens is 3. The van der Waals surface area contributed by atoms with Gasteiger partial charge >= 0.3 is 5.97 Å². The first-order valence-electron chi connectivity index (χ1n) is 16.0. The zero-order valence-corrected chi connectivity index (χ0v) is 26.6. The summed E-state index contributed by atoms with van der Waals surface area (Å²) in [6, 6.07) is 20.3. The van der Waals surface area contributed by atoms with Crippen LogP contribution in [0, 0.1) is 0 Å². The molecule has 0 saturated carbocycles. The number of hydrogen-bond donors (Lipinski definition) is 2. The van der Waals surface area contributed by atoms with Gasteiger partial charge in [0.2, 0.25) is 0 Å². The molecular formula is C36H42N4O6. The Morgan fingerprint density at radius 1 is 1.02 bits per heavy atom. The molecule has 2 aromatic heterocycles. The number of nitrogens with one attached hydrogen (secondary N) is 1. The molecule has 6 rings (SSSR count). The van der Waals surface area contributed by atoms with E-state index in [2.05, 4.69) is 28.1 Å². The molecule has 1 aliphatic rings. The van der Waals surface area contributed by atoms with E-state index >= 15 is 0 Å². The van der Waals surface area contributed by atoms with Crippen molar-refractivity contribution in [2.45, 2.75) is 39.5 Å². The summed E-state index contributed by atoms with van der Waals surface area (Å²) in [7, 11) is 1.67. The normalized spacial score (nSPS) is 13.9. The molecule has 1 saturated heterocycles. The van der Waals surface area contributed by atoms with Gasteiger partial charge in [0.05, 0.1) is 63.1 Å². The molecule has 10 nitrogen and oxygen atoms in total. The quantitative estimate of drug-likeness (QED) is 0.126. The lowest BCUT2D eigenvalue weighted by Crippen LogP contribution is -2.36. The zero-order valence-electron chi connectivity index (χ0n) is 26.6. The number of aryl methyl sites for hydroxylation is 1. The summed E-state index contributed by atoms with van der Waals surface area (Å²) in [6.07, 6.45) is 1.31. The minimum Gasteiger partial charge on any atom is -0.493 e. The molecule has 3 aromatic carbocycles. The Bertz CT molecular complexity index is 1780. The third-order valence-electron chi connectivity index (χ3n) is 8.53. The van der Waals surface area contributed by atoms with E-state index in [9.17, 15) is 9.90 Å². The number of rotatable bonds is 14. The molecule has 3 heterocycles. The highest BCUT2D eigenvalue weighted by Crippen LogP contribution is 2.37. The number of ether oxygens (including phenoxy) is 4. The summed E-state index contributed by atoms with van der Waals surface area (Å²) in [5.41, 5.74) is 5.50. The third-order valence-corrected chi connectivity index (χ3v) is 8.53. The summed E-state index contributed by atoms with van der Waals surface area (Å²) in [5.74, 6) is 0.459. The molecule has 46 heavy (non-hydrogen) atoms. The highest BCUT2D eigenvalue weighted by molar-refractivity contribution is 6.04. The second-order valence-corrected chi connectivity index (χ2v) is 11.4. The van der Waals surface area contributed by atoms with Crippen molar-refractivity contribution in [3.63, 3.8) is 0 Å². The molecule has 0 amide bonds. The number of aromatic amines is 1. The minimum absolute atomic E-state index is 0.217. The first kappa shape index (κ1) is 31.7. The molecule has 1 fully saturated rings. The molecule has 0 aliphatic carbocycles. The van der Waals surface area contributed by atoms with E-state index in [0.29, 0.717) is 63.7 Å². The Morgan fingerprint density at radius 2 is 1.80 bits per heavy atom. The molecule has 0 spiro atoms. The third kappa shape index (κ3) is 6.66. The Kier molecular flexibility index (Phi) is 10.3. The van der Waals surface area contributed by atoms with Gasteiger partial charge in [0.15, 0.2) is 0 Å². The van der Waals surface area contributed by atoms with E-state index in [0.717, 1.165) is 62.9 Å². The highest BCUT2D eigenvalue weighted by atomic mass is 16.5. The van der Waals surface area contributed by atoms with Crippen molar-refractivity contribution in [2.75, 3.05) is 53.2 Å². The molecule has 1 aliphatic heterocycles. The Morgan fingerprint density at radius 3 is 2.61 bits per heavy atom. The number of hydrogen-bond acceptors (Lipinski definition) is 8. The summed E-state index contributed by atoms with van der Waals surface area (Å²) >= 11 is 0. The smallest absolute Gasteiger partial charge is 0.355 e. The molecule has 0 atom stereocenters. The first-order chi connectivity index (χ1) is 22.6. The van der Waals surface area contributed by atoms with Crippen LogP contribution in [0.5, 0.6) is 5.75 Å². The second-order valence-electron chi connectivity index (χ2n) is 11.4. The average Bonchev–Trinajstić information content (AvgIpc) is 3.64. The second kappa shape index (κ2) is 14.9. The number of methoxy groups -OCH3 is 1. The summed E-state index contributed by atoms with van der Waals surface area (Å²) < 4.78 is 24.7. The molecular weight excluding hydrogens is 584 g/mol. The van der Waals surface area contributed by atoms with Crippen molar-refractivity contribution in [3.8, 4) is 16.9 Å². The SMILES string of the molecule is CCOC(=O)c1[nH]c2c(-c3c(CO)nn(CCOC)c3CN3CCOCC3)cccc2c1CCCOc1cccc2ccccc12. The van der Waals surface area contributed by atoms with Gasteiger partial charge in [0, 0.05) is 48.6 Å². The first-order valence-corrected chi connectivity index (χ1v) is 16.0. The van der Waals surface area contributed by atoms with Gasteiger partial charge < -0.3 is 29.0 Å². The predicted molar refractivity (Wildman–Crippen MR) is 177 cm³/mol. The van der Waals surface area contributed by atoms with Gasteiger partial charge in [-0.1, -0.05) is 54.6 Å². The van der Waals surface area contributed by atoms with Gasteiger partial charge in [0.25, 0.3) is 0 Å². The summed E-state index contributed by atoms with van der Waals surface area (Å²) in [5, 5.41) is 18.5. The number of benzene rings is 3. The van der Waals surface area contributed by atoms with E-state index in [4.69, 9.17) is 24.0 Å². The molecule has 0 unspecified atom stereocenters. The van der Waals surface area contributed by atoms with Gasteiger partial charge in [-0.25, -0.2) is 4.79 Å². The fourth-order valence-corrected chi connectivity index (χ4v) is 6.34. The van der Waals surface area contributed by atoms with E-state index in [1.54, 1.807) is 7.11 Å². The van der Waals surface area contributed by atoms with E-state index < -0.39 is 0 Å². The topological polar surface area (TPSA) is 111 Å². The van der Waals surface area contributed by atoms with Crippen LogP contribution >= 0.6 is 0 Å². The molecule has 10 heteroatoms. The van der Waals surface area contributed by atoms with Crippen molar-refractivity contribution in [1.29, 1.82) is 0 Å². The maximum Gasteiger partial charge on any atom is 0.355 e. The zero-order chi connectivity index (χ0) is 31.9. The average molecular weight is 627 g/mol. The van der Waals surface area contributed by atoms with Crippen LogP contribution in [0.1, 0.15) is 40.8 Å². The van der Waals surface area contributed by atoms with E-state index in [1.807, 2.05) is 54.1 Å². The number of H-pyrrole nitrogens is 1. The van der Waals surface area contributed by atoms with Crippen molar-refractivity contribution in [1.82, 2.24) is 19.7 Å². The van der Waals surface area contributed by atoms with Gasteiger partial charge in [-0.3, -0.25) is 9.58 Å². The number of carbonyl (C=O) groups excluding carboxylic acids is 1. The van der Waals surface area contributed by atoms with E-state index in [-0.39, 0.29) is 19.2 Å². The van der Waals surface area contributed by atoms with Gasteiger partial charge in [-0.05, 0) is 36.8 Å². The van der Waals surface area contributed by atoms with Crippen LogP contribution in [-0.2, 0) is 40.3 Å². The summed E-state index contributed by atoms with van der Waals surface area (Å²) in [6.45, 7) is 7.04. The van der Waals surface area contributed by atoms with Crippen LogP contribution in [0.25, 0.3) is 32.8 Å². The molecule has 0 bridgehead atoms. The lowest BCUT2D eigenvalue weighted by molar-refractivity contribution is 0.0329. The number of morpholine rings is 1. The van der Waals surface area contributed by atoms with Crippen LogP contribution in [0.4, 0.5) is 0 Å². The number of aliphatic hydroxyl groups excluding tert-OH is 1. The fourth-order valence-electron chi connectivity index (χ4n) is 6.34. The summed E-state index contributed by atoms with van der Waals surface area (Å²) in [4.78, 5) is 19.1. The van der Waals surface area contributed by atoms with Crippen LogP contribution in [0.2, 0.25) is 0 Å². The van der Waals surface area contributed by atoms with Crippen molar-refractivity contribution >= 4 is 27.6 Å². The lowest BCUT2D eigenvalue weighted by Gasteiger charge is -2.27.